The minimum Gasteiger partial charge on any atom is -0.323 e. The lowest BCUT2D eigenvalue weighted by Crippen LogP contribution is -2.14. The standard InChI is InChI=1S/C12H18N2/c1-8-5-9(2)12(14-7-8)11(13)6-10-3-4-10/h5,7,10-11H,3-4,6,13H2,1-2H3. The number of hydrogen-bond donors (Lipinski definition) is 1. The minimum atomic E-state index is 0.142. The zero-order valence-corrected chi connectivity index (χ0v) is 8.96. The lowest BCUT2D eigenvalue weighted by molar-refractivity contribution is 0.580. The zero-order chi connectivity index (χ0) is 10.1. The van der Waals surface area contributed by atoms with E-state index in [-0.39, 0.29) is 6.04 Å². The molecule has 1 saturated carbocycles. The normalized spacial score (nSPS) is 18.2. The van der Waals surface area contributed by atoms with Crippen molar-refractivity contribution < 1.29 is 0 Å². The van der Waals surface area contributed by atoms with Crippen LogP contribution in [0.25, 0.3) is 0 Å². The zero-order valence-electron chi connectivity index (χ0n) is 8.96. The van der Waals surface area contributed by atoms with Crippen molar-refractivity contribution in [1.29, 1.82) is 0 Å². The Kier molecular flexibility index (Phi) is 2.55. The quantitative estimate of drug-likeness (QED) is 0.795. The van der Waals surface area contributed by atoms with Crippen LogP contribution in [0.2, 0.25) is 0 Å². The molecular weight excluding hydrogens is 172 g/mol. The fourth-order valence-corrected chi connectivity index (χ4v) is 1.94. The Balaban J connectivity index is 2.13. The lowest BCUT2D eigenvalue weighted by atomic mass is 10.0. The van der Waals surface area contributed by atoms with Gasteiger partial charge in [-0.3, -0.25) is 4.98 Å². The molecule has 14 heavy (non-hydrogen) atoms. The number of nitrogens with zero attached hydrogens (tertiary/aromatic N) is 1. The van der Waals surface area contributed by atoms with Crippen molar-refractivity contribution >= 4 is 0 Å². The molecule has 0 bridgehead atoms. The average molecular weight is 190 g/mol. The fraction of sp³-hybridized carbons (Fsp3) is 0.583. The van der Waals surface area contributed by atoms with Crippen LogP contribution in [0.15, 0.2) is 12.3 Å². The number of nitrogens with two attached hydrogens (primary N) is 1. The first-order valence-corrected chi connectivity index (χ1v) is 5.35. The van der Waals surface area contributed by atoms with Crippen LogP contribution >= 0.6 is 0 Å². The van der Waals surface area contributed by atoms with E-state index < -0.39 is 0 Å². The number of pyridine rings is 1. The molecule has 76 valence electrons. The van der Waals surface area contributed by atoms with Crippen LogP contribution in [0, 0.1) is 19.8 Å². The smallest absolute Gasteiger partial charge is 0.0600 e. The van der Waals surface area contributed by atoms with Gasteiger partial charge in [0.25, 0.3) is 0 Å². The molecule has 1 aliphatic carbocycles. The second-order valence-electron chi connectivity index (χ2n) is 4.50. The Morgan fingerprint density at radius 1 is 1.50 bits per heavy atom. The summed E-state index contributed by atoms with van der Waals surface area (Å²) in [5, 5.41) is 0. The Bertz CT molecular complexity index is 329. The Morgan fingerprint density at radius 3 is 2.79 bits per heavy atom. The molecule has 0 spiro atoms. The summed E-state index contributed by atoms with van der Waals surface area (Å²) in [5.74, 6) is 0.868. The molecule has 1 fully saturated rings. The predicted octanol–water partition coefficient (Wildman–Crippen LogP) is 2.50. The van der Waals surface area contributed by atoms with E-state index in [0.717, 1.165) is 18.0 Å². The molecule has 1 aromatic heterocycles. The van der Waals surface area contributed by atoms with E-state index in [9.17, 15) is 0 Å². The van der Waals surface area contributed by atoms with E-state index >= 15 is 0 Å². The van der Waals surface area contributed by atoms with Crippen LogP contribution in [0.5, 0.6) is 0 Å². The largest absolute Gasteiger partial charge is 0.323 e. The molecule has 2 N–H and O–H groups in total. The van der Waals surface area contributed by atoms with Crippen LogP contribution < -0.4 is 5.73 Å². The topological polar surface area (TPSA) is 38.9 Å². The molecule has 1 atom stereocenters. The molecule has 0 aliphatic heterocycles. The summed E-state index contributed by atoms with van der Waals surface area (Å²) in [6.07, 6.45) is 5.74. The Hall–Kier alpha value is -0.890. The van der Waals surface area contributed by atoms with Gasteiger partial charge in [0.15, 0.2) is 0 Å². The van der Waals surface area contributed by atoms with Gasteiger partial charge < -0.3 is 5.73 Å². The van der Waals surface area contributed by atoms with Gasteiger partial charge >= 0.3 is 0 Å². The molecule has 1 aromatic rings. The third kappa shape index (κ3) is 2.13. The van der Waals surface area contributed by atoms with Crippen molar-refractivity contribution in [1.82, 2.24) is 4.98 Å². The van der Waals surface area contributed by atoms with E-state index in [1.54, 1.807) is 0 Å². The van der Waals surface area contributed by atoms with Gasteiger partial charge in [0.2, 0.25) is 0 Å². The van der Waals surface area contributed by atoms with Gasteiger partial charge in [0.1, 0.15) is 0 Å². The van der Waals surface area contributed by atoms with Crippen molar-refractivity contribution in [3.05, 3.63) is 29.1 Å². The second-order valence-corrected chi connectivity index (χ2v) is 4.50. The first kappa shape index (κ1) is 9.66. The monoisotopic (exact) mass is 190 g/mol. The van der Waals surface area contributed by atoms with Gasteiger partial charge in [0.05, 0.1) is 5.69 Å². The molecule has 0 amide bonds. The lowest BCUT2D eigenvalue weighted by Gasteiger charge is -2.13. The highest BCUT2D eigenvalue weighted by molar-refractivity contribution is 5.25. The highest BCUT2D eigenvalue weighted by Crippen LogP contribution is 2.36. The van der Waals surface area contributed by atoms with E-state index in [1.807, 2.05) is 6.20 Å². The van der Waals surface area contributed by atoms with Crippen molar-refractivity contribution in [3.63, 3.8) is 0 Å². The fourth-order valence-electron chi connectivity index (χ4n) is 1.94. The summed E-state index contributed by atoms with van der Waals surface area (Å²) in [6, 6.07) is 2.30. The van der Waals surface area contributed by atoms with E-state index in [4.69, 9.17) is 5.73 Å². The van der Waals surface area contributed by atoms with Crippen LogP contribution in [0.3, 0.4) is 0 Å². The molecule has 1 unspecified atom stereocenters. The van der Waals surface area contributed by atoms with Crippen LogP contribution in [0.4, 0.5) is 0 Å². The van der Waals surface area contributed by atoms with Crippen LogP contribution in [-0.4, -0.2) is 4.98 Å². The van der Waals surface area contributed by atoms with E-state index in [2.05, 4.69) is 24.9 Å². The molecule has 0 aromatic carbocycles. The average Bonchev–Trinajstić information content (AvgIpc) is 2.87. The van der Waals surface area contributed by atoms with Gasteiger partial charge in [-0.05, 0) is 37.3 Å². The summed E-state index contributed by atoms with van der Waals surface area (Å²) in [4.78, 5) is 4.43. The number of rotatable bonds is 3. The highest BCUT2D eigenvalue weighted by Gasteiger charge is 2.25. The Labute approximate surface area is 85.5 Å². The minimum absolute atomic E-state index is 0.142. The van der Waals surface area contributed by atoms with E-state index in [1.165, 1.54) is 24.0 Å². The third-order valence-electron chi connectivity index (χ3n) is 2.89. The molecule has 0 saturated heterocycles. The second kappa shape index (κ2) is 3.70. The van der Waals surface area contributed by atoms with Crippen molar-refractivity contribution in [3.8, 4) is 0 Å². The first-order valence-electron chi connectivity index (χ1n) is 5.35. The predicted molar refractivity (Wildman–Crippen MR) is 58.0 cm³/mol. The SMILES string of the molecule is Cc1cnc(C(N)CC2CC2)c(C)c1. The molecule has 1 aliphatic rings. The number of aromatic nitrogens is 1. The maximum absolute atomic E-state index is 6.12. The van der Waals surface area contributed by atoms with E-state index in [0.29, 0.717) is 0 Å². The molecule has 2 rings (SSSR count). The maximum Gasteiger partial charge on any atom is 0.0600 e. The van der Waals surface area contributed by atoms with Gasteiger partial charge in [0, 0.05) is 12.2 Å². The molecule has 2 nitrogen and oxygen atoms in total. The van der Waals surface area contributed by atoms with Crippen molar-refractivity contribution in [2.24, 2.45) is 11.7 Å². The summed E-state index contributed by atoms with van der Waals surface area (Å²) in [5.41, 5.74) is 9.66. The van der Waals surface area contributed by atoms with Gasteiger partial charge in [-0.2, -0.15) is 0 Å². The van der Waals surface area contributed by atoms with Crippen LogP contribution in [0.1, 0.15) is 42.1 Å². The van der Waals surface area contributed by atoms with Gasteiger partial charge in [-0.25, -0.2) is 0 Å². The molecular formula is C12H18N2. The third-order valence-corrected chi connectivity index (χ3v) is 2.89. The van der Waals surface area contributed by atoms with Gasteiger partial charge in [-0.1, -0.05) is 18.9 Å². The summed E-state index contributed by atoms with van der Waals surface area (Å²) < 4.78 is 0. The summed E-state index contributed by atoms with van der Waals surface area (Å²) >= 11 is 0. The summed E-state index contributed by atoms with van der Waals surface area (Å²) in [6.45, 7) is 4.16. The maximum atomic E-state index is 6.12. The van der Waals surface area contributed by atoms with Crippen molar-refractivity contribution in [2.75, 3.05) is 0 Å². The molecule has 0 radical (unpaired) electrons. The van der Waals surface area contributed by atoms with Crippen molar-refractivity contribution in [2.45, 2.75) is 39.2 Å². The number of hydrogen-bond acceptors (Lipinski definition) is 2. The molecule has 1 heterocycles. The molecule has 2 heteroatoms. The first-order chi connectivity index (χ1) is 6.66. The highest BCUT2D eigenvalue weighted by atomic mass is 14.8. The van der Waals surface area contributed by atoms with Crippen LogP contribution in [-0.2, 0) is 0 Å². The Morgan fingerprint density at radius 2 is 2.21 bits per heavy atom. The number of aryl methyl sites for hydroxylation is 2. The summed E-state index contributed by atoms with van der Waals surface area (Å²) in [7, 11) is 0. The van der Waals surface area contributed by atoms with Gasteiger partial charge in [-0.15, -0.1) is 0 Å².